The number of rotatable bonds is 5. The smallest absolute Gasteiger partial charge is 0.258 e. The second kappa shape index (κ2) is 11.1. The van der Waals surface area contributed by atoms with Gasteiger partial charge in [0.15, 0.2) is 0 Å². The van der Waals surface area contributed by atoms with Crippen molar-refractivity contribution in [2.24, 2.45) is 5.92 Å². The van der Waals surface area contributed by atoms with Crippen LogP contribution >= 0.6 is 0 Å². The summed E-state index contributed by atoms with van der Waals surface area (Å²) in [5, 5.41) is 9.24. The molecular weight excluding hydrogens is 362 g/mol. The van der Waals surface area contributed by atoms with E-state index in [1.807, 2.05) is 36.9 Å². The Labute approximate surface area is 174 Å². The van der Waals surface area contributed by atoms with Crippen LogP contribution in [0.5, 0.6) is 0 Å². The third-order valence-electron chi connectivity index (χ3n) is 5.47. The van der Waals surface area contributed by atoms with E-state index in [9.17, 15) is 9.90 Å². The van der Waals surface area contributed by atoms with Gasteiger partial charge >= 0.3 is 0 Å². The van der Waals surface area contributed by atoms with Crippen LogP contribution in [0.1, 0.15) is 62.7 Å². The van der Waals surface area contributed by atoms with Gasteiger partial charge in [0, 0.05) is 0 Å². The van der Waals surface area contributed by atoms with Gasteiger partial charge in [-0.3, -0.25) is 9.69 Å². The number of hydrogen-bond acceptors (Lipinski definition) is 4. The van der Waals surface area contributed by atoms with Gasteiger partial charge in [0.2, 0.25) is 0 Å². The van der Waals surface area contributed by atoms with E-state index in [1.54, 1.807) is 0 Å². The number of aryl methyl sites for hydroxylation is 2. The zero-order chi connectivity index (χ0) is 21.4. The van der Waals surface area contributed by atoms with E-state index in [0.29, 0.717) is 24.8 Å². The molecule has 5 heteroatoms. The number of H-pyrrole nitrogens is 1. The fourth-order valence-corrected chi connectivity index (χ4v) is 3.77. The lowest BCUT2D eigenvalue weighted by Crippen LogP contribution is -2.28. The molecule has 1 aromatic heterocycles. The molecule has 3 rings (SSSR count). The van der Waals surface area contributed by atoms with Gasteiger partial charge in [-0.1, -0.05) is 55.3 Å². The minimum absolute atomic E-state index is 0.0385. The Morgan fingerprint density at radius 1 is 1.21 bits per heavy atom. The third-order valence-corrected chi connectivity index (χ3v) is 5.47. The second-order valence-electron chi connectivity index (χ2n) is 8.02. The molecule has 1 aromatic carbocycles. The average Bonchev–Trinajstić information content (AvgIpc) is 2.68. The topological polar surface area (TPSA) is 69.2 Å². The number of aliphatic hydroxyl groups is 1. The molecule has 0 saturated heterocycles. The lowest BCUT2D eigenvalue weighted by atomic mass is 9.82. The molecule has 1 unspecified atom stereocenters. The summed E-state index contributed by atoms with van der Waals surface area (Å²) >= 11 is 0. The minimum atomic E-state index is -0.0552. The molecule has 0 radical (unpaired) electrons. The molecule has 158 valence electrons. The zero-order valence-corrected chi connectivity index (χ0v) is 18.5. The molecule has 2 aromatic rings. The molecule has 1 atom stereocenters. The third kappa shape index (κ3) is 6.65. The maximum atomic E-state index is 12.5. The van der Waals surface area contributed by atoms with Crippen LogP contribution < -0.4 is 5.56 Å². The first-order chi connectivity index (χ1) is 13.8. The SMILES string of the molecule is CCN(CO)Cc1nc(C)c(C2=C(C)CC(C)CC2)c(=O)[nH]1.Cc1ccccc1. The van der Waals surface area contributed by atoms with Crippen LogP contribution in [0.4, 0.5) is 0 Å². The van der Waals surface area contributed by atoms with Crippen molar-refractivity contribution in [3.8, 4) is 0 Å². The molecule has 1 aliphatic rings. The van der Waals surface area contributed by atoms with Crippen molar-refractivity contribution in [2.45, 2.75) is 60.4 Å². The molecule has 0 fully saturated rings. The van der Waals surface area contributed by atoms with Gasteiger partial charge in [0.25, 0.3) is 5.56 Å². The van der Waals surface area contributed by atoms with Crippen LogP contribution in [0.15, 0.2) is 40.7 Å². The number of aromatic amines is 1. The Bertz CT molecular complexity index is 867. The number of allylic oxidation sites excluding steroid dienone is 2. The molecule has 5 nitrogen and oxygen atoms in total. The summed E-state index contributed by atoms with van der Waals surface area (Å²) in [6, 6.07) is 10.3. The van der Waals surface area contributed by atoms with Crippen molar-refractivity contribution in [2.75, 3.05) is 13.3 Å². The molecular formula is C24H35N3O2. The fourth-order valence-electron chi connectivity index (χ4n) is 3.77. The highest BCUT2D eigenvalue weighted by Gasteiger charge is 2.21. The van der Waals surface area contributed by atoms with Crippen molar-refractivity contribution in [1.29, 1.82) is 0 Å². The Hall–Kier alpha value is -2.24. The Morgan fingerprint density at radius 2 is 1.90 bits per heavy atom. The van der Waals surface area contributed by atoms with E-state index in [1.165, 1.54) is 16.7 Å². The lowest BCUT2D eigenvalue weighted by molar-refractivity contribution is 0.104. The molecule has 29 heavy (non-hydrogen) atoms. The first-order valence-electron chi connectivity index (χ1n) is 10.5. The van der Waals surface area contributed by atoms with Crippen LogP contribution in [0.3, 0.4) is 0 Å². The normalized spacial score (nSPS) is 16.6. The van der Waals surface area contributed by atoms with Crippen LogP contribution in [-0.4, -0.2) is 33.2 Å². The van der Waals surface area contributed by atoms with E-state index >= 15 is 0 Å². The Kier molecular flexibility index (Phi) is 8.80. The molecule has 2 N–H and O–H groups in total. The highest BCUT2D eigenvalue weighted by molar-refractivity contribution is 5.70. The maximum Gasteiger partial charge on any atom is 0.258 e. The first-order valence-corrected chi connectivity index (χ1v) is 10.5. The summed E-state index contributed by atoms with van der Waals surface area (Å²) in [5.41, 5.74) is 5.29. The minimum Gasteiger partial charge on any atom is -0.381 e. The highest BCUT2D eigenvalue weighted by Crippen LogP contribution is 2.34. The molecule has 0 spiro atoms. The summed E-state index contributed by atoms with van der Waals surface area (Å²) in [7, 11) is 0. The number of nitrogens with one attached hydrogen (secondary N) is 1. The molecule has 0 amide bonds. The predicted molar refractivity (Wildman–Crippen MR) is 120 cm³/mol. The van der Waals surface area contributed by atoms with Gasteiger partial charge in [-0.15, -0.1) is 0 Å². The summed E-state index contributed by atoms with van der Waals surface area (Å²) < 4.78 is 0. The van der Waals surface area contributed by atoms with E-state index < -0.39 is 0 Å². The number of aromatic nitrogens is 2. The molecule has 0 aliphatic heterocycles. The van der Waals surface area contributed by atoms with E-state index in [0.717, 1.165) is 30.5 Å². The predicted octanol–water partition coefficient (Wildman–Crippen LogP) is 4.44. The average molecular weight is 398 g/mol. The molecule has 1 heterocycles. The monoisotopic (exact) mass is 397 g/mol. The number of nitrogens with zero attached hydrogens (tertiary/aromatic N) is 2. The number of benzene rings is 1. The largest absolute Gasteiger partial charge is 0.381 e. The molecule has 0 saturated carbocycles. The van der Waals surface area contributed by atoms with Crippen LogP contribution in [0, 0.1) is 19.8 Å². The van der Waals surface area contributed by atoms with Crippen molar-refractivity contribution >= 4 is 5.57 Å². The van der Waals surface area contributed by atoms with Gasteiger partial charge in [0.1, 0.15) is 5.82 Å². The number of aliphatic hydroxyl groups excluding tert-OH is 1. The second-order valence-corrected chi connectivity index (χ2v) is 8.02. The Balaban J connectivity index is 0.000000360. The molecule has 0 bridgehead atoms. The van der Waals surface area contributed by atoms with Gasteiger partial charge in [-0.2, -0.15) is 0 Å². The lowest BCUT2D eigenvalue weighted by Gasteiger charge is -2.24. The summed E-state index contributed by atoms with van der Waals surface area (Å²) in [6.07, 6.45) is 3.14. The van der Waals surface area contributed by atoms with E-state index in [2.05, 4.69) is 42.9 Å². The van der Waals surface area contributed by atoms with Crippen LogP contribution in [0.2, 0.25) is 0 Å². The number of hydrogen-bond donors (Lipinski definition) is 2. The van der Waals surface area contributed by atoms with Gasteiger partial charge in [-0.05, 0) is 58.1 Å². The summed E-state index contributed by atoms with van der Waals surface area (Å²) in [5.74, 6) is 1.31. The summed E-state index contributed by atoms with van der Waals surface area (Å²) in [6.45, 7) is 11.5. The van der Waals surface area contributed by atoms with Gasteiger partial charge < -0.3 is 10.1 Å². The standard InChI is InChI=1S/C17H27N3O2.C7H8/c1-5-20(10-21)9-15-18-13(4)16(17(22)19-15)14-7-6-11(2)8-12(14)3;1-7-5-3-2-4-6-7/h11,21H,5-10H2,1-4H3,(H,18,19,22);2-6H,1H3. The van der Waals surface area contributed by atoms with Crippen molar-refractivity contribution in [1.82, 2.24) is 14.9 Å². The summed E-state index contributed by atoms with van der Waals surface area (Å²) in [4.78, 5) is 21.8. The fraction of sp³-hybridized carbons (Fsp3) is 0.500. The quantitative estimate of drug-likeness (QED) is 0.732. The van der Waals surface area contributed by atoms with Crippen molar-refractivity contribution in [3.05, 3.63) is 68.9 Å². The van der Waals surface area contributed by atoms with Crippen molar-refractivity contribution in [3.63, 3.8) is 0 Å². The zero-order valence-electron chi connectivity index (χ0n) is 18.5. The van der Waals surface area contributed by atoms with Crippen molar-refractivity contribution < 1.29 is 5.11 Å². The van der Waals surface area contributed by atoms with Gasteiger partial charge in [0.05, 0.1) is 24.5 Å². The Morgan fingerprint density at radius 3 is 2.38 bits per heavy atom. The van der Waals surface area contributed by atoms with Gasteiger partial charge in [-0.25, -0.2) is 4.98 Å². The van der Waals surface area contributed by atoms with E-state index in [-0.39, 0.29) is 12.3 Å². The molecule has 1 aliphatic carbocycles. The van der Waals surface area contributed by atoms with Crippen LogP contribution in [0.25, 0.3) is 5.57 Å². The first kappa shape index (κ1) is 23.0. The van der Waals surface area contributed by atoms with Crippen LogP contribution in [-0.2, 0) is 6.54 Å². The van der Waals surface area contributed by atoms with E-state index in [4.69, 9.17) is 0 Å². The maximum absolute atomic E-state index is 12.5. The highest BCUT2D eigenvalue weighted by atomic mass is 16.3.